The van der Waals surface area contributed by atoms with Gasteiger partial charge in [-0.25, -0.2) is 4.79 Å². The second kappa shape index (κ2) is 6.83. The number of carbonyl (C=O) groups excluding carboxylic acids is 1. The monoisotopic (exact) mass is 289 g/mol. The van der Waals surface area contributed by atoms with E-state index in [1.54, 1.807) is 6.07 Å². The van der Waals surface area contributed by atoms with E-state index in [-0.39, 0.29) is 11.9 Å². The molecule has 0 spiro atoms. The minimum atomic E-state index is -0.483. The summed E-state index contributed by atoms with van der Waals surface area (Å²) < 4.78 is 15.6. The van der Waals surface area contributed by atoms with Gasteiger partial charge in [0.1, 0.15) is 5.75 Å². The summed E-state index contributed by atoms with van der Waals surface area (Å²) in [6.07, 6.45) is 1.56. The second-order valence-corrected chi connectivity index (χ2v) is 4.78. The van der Waals surface area contributed by atoms with Crippen LogP contribution in [0.4, 0.5) is 5.69 Å². The molecule has 1 aromatic carbocycles. The standard InChI is InChI=1S/C16H19NO4/c1-11(2)21-14-7-5-4-6-13(14)17-10-12-8-9-20-15(12)16(18)19-3/h4-9,11,17H,10H2,1-3H3. The highest BCUT2D eigenvalue weighted by Gasteiger charge is 2.16. The smallest absolute Gasteiger partial charge is 0.374 e. The fraction of sp³-hybridized carbons (Fsp3) is 0.312. The molecule has 0 fully saturated rings. The summed E-state index contributed by atoms with van der Waals surface area (Å²) in [6.45, 7) is 4.39. The lowest BCUT2D eigenvalue weighted by molar-refractivity contribution is 0.0563. The molecule has 0 saturated heterocycles. The first-order valence-electron chi connectivity index (χ1n) is 6.76. The van der Waals surface area contributed by atoms with Crippen molar-refractivity contribution in [1.29, 1.82) is 0 Å². The van der Waals surface area contributed by atoms with Crippen LogP contribution in [0.2, 0.25) is 0 Å². The van der Waals surface area contributed by atoms with E-state index in [1.165, 1.54) is 13.4 Å². The summed E-state index contributed by atoms with van der Waals surface area (Å²) in [5, 5.41) is 3.25. The van der Waals surface area contributed by atoms with Crippen molar-refractivity contribution in [2.45, 2.75) is 26.5 Å². The van der Waals surface area contributed by atoms with E-state index in [0.29, 0.717) is 6.54 Å². The first-order valence-corrected chi connectivity index (χ1v) is 6.76. The molecule has 2 aromatic rings. The Morgan fingerprint density at radius 1 is 1.29 bits per heavy atom. The molecule has 0 aliphatic rings. The number of benzene rings is 1. The summed E-state index contributed by atoms with van der Waals surface area (Å²) in [5.74, 6) is 0.506. The average Bonchev–Trinajstić information content (AvgIpc) is 2.93. The molecule has 5 heteroatoms. The van der Waals surface area contributed by atoms with Gasteiger partial charge < -0.3 is 19.2 Å². The van der Waals surface area contributed by atoms with E-state index in [2.05, 4.69) is 10.1 Å². The average molecular weight is 289 g/mol. The summed E-state index contributed by atoms with van der Waals surface area (Å²) in [6, 6.07) is 9.41. The van der Waals surface area contributed by atoms with Gasteiger partial charge in [-0.05, 0) is 32.0 Å². The number of carbonyl (C=O) groups is 1. The molecule has 0 amide bonds. The minimum Gasteiger partial charge on any atom is -0.489 e. The molecule has 0 radical (unpaired) electrons. The first kappa shape index (κ1) is 15.0. The van der Waals surface area contributed by atoms with E-state index in [0.717, 1.165) is 17.0 Å². The third kappa shape index (κ3) is 3.78. The molecule has 1 N–H and O–H groups in total. The van der Waals surface area contributed by atoms with Gasteiger partial charge in [-0.3, -0.25) is 0 Å². The fourth-order valence-electron chi connectivity index (χ4n) is 1.91. The molecule has 0 atom stereocenters. The van der Waals surface area contributed by atoms with Crippen LogP contribution in [0.1, 0.15) is 30.0 Å². The van der Waals surface area contributed by atoms with Gasteiger partial charge in [-0.15, -0.1) is 0 Å². The highest BCUT2D eigenvalue weighted by molar-refractivity contribution is 5.87. The van der Waals surface area contributed by atoms with Crippen LogP contribution in [-0.4, -0.2) is 19.2 Å². The van der Waals surface area contributed by atoms with Crippen LogP contribution in [0, 0.1) is 0 Å². The first-order chi connectivity index (χ1) is 10.1. The lowest BCUT2D eigenvalue weighted by atomic mass is 10.2. The van der Waals surface area contributed by atoms with E-state index in [1.807, 2.05) is 38.1 Å². The number of hydrogen-bond donors (Lipinski definition) is 1. The van der Waals surface area contributed by atoms with Gasteiger partial charge in [0.15, 0.2) is 0 Å². The number of ether oxygens (including phenoxy) is 2. The Hall–Kier alpha value is -2.43. The van der Waals surface area contributed by atoms with Crippen molar-refractivity contribution in [3.63, 3.8) is 0 Å². The lowest BCUT2D eigenvalue weighted by Crippen LogP contribution is -2.10. The largest absolute Gasteiger partial charge is 0.489 e. The summed E-state index contributed by atoms with van der Waals surface area (Å²) in [4.78, 5) is 11.6. The van der Waals surface area contributed by atoms with Gasteiger partial charge in [-0.2, -0.15) is 0 Å². The van der Waals surface area contributed by atoms with Crippen molar-refractivity contribution in [2.75, 3.05) is 12.4 Å². The van der Waals surface area contributed by atoms with Gasteiger partial charge in [0.25, 0.3) is 0 Å². The maximum atomic E-state index is 11.6. The molecule has 21 heavy (non-hydrogen) atoms. The molecule has 0 unspecified atom stereocenters. The van der Waals surface area contributed by atoms with Gasteiger partial charge in [0.05, 0.1) is 25.2 Å². The molecule has 2 rings (SSSR count). The van der Waals surface area contributed by atoms with Crippen LogP contribution < -0.4 is 10.1 Å². The molecule has 0 aliphatic heterocycles. The normalized spacial score (nSPS) is 10.5. The number of rotatable bonds is 6. The molecular weight excluding hydrogens is 270 g/mol. The van der Waals surface area contributed by atoms with Crippen LogP contribution in [-0.2, 0) is 11.3 Å². The second-order valence-electron chi connectivity index (χ2n) is 4.78. The molecule has 5 nitrogen and oxygen atoms in total. The van der Waals surface area contributed by atoms with Crippen LogP contribution in [0.3, 0.4) is 0 Å². The zero-order valence-corrected chi connectivity index (χ0v) is 12.4. The van der Waals surface area contributed by atoms with Gasteiger partial charge in [0.2, 0.25) is 5.76 Å². The van der Waals surface area contributed by atoms with Crippen molar-refractivity contribution >= 4 is 11.7 Å². The van der Waals surface area contributed by atoms with E-state index in [4.69, 9.17) is 9.15 Å². The number of para-hydroxylation sites is 2. The van der Waals surface area contributed by atoms with Crippen LogP contribution in [0.15, 0.2) is 41.0 Å². The lowest BCUT2D eigenvalue weighted by Gasteiger charge is -2.15. The SMILES string of the molecule is COC(=O)c1occc1CNc1ccccc1OC(C)C. The Balaban J connectivity index is 2.10. The highest BCUT2D eigenvalue weighted by Crippen LogP contribution is 2.26. The molecule has 1 aromatic heterocycles. The molecule has 0 saturated carbocycles. The third-order valence-corrected chi connectivity index (χ3v) is 2.84. The van der Waals surface area contributed by atoms with Crippen molar-refractivity contribution in [2.24, 2.45) is 0 Å². The van der Waals surface area contributed by atoms with Gasteiger partial charge >= 0.3 is 5.97 Å². The zero-order valence-electron chi connectivity index (χ0n) is 12.4. The summed E-state index contributed by atoms with van der Waals surface area (Å²) >= 11 is 0. The number of nitrogens with one attached hydrogen (secondary N) is 1. The molecule has 1 heterocycles. The maximum absolute atomic E-state index is 11.6. The highest BCUT2D eigenvalue weighted by atomic mass is 16.5. The molecular formula is C16H19NO4. The Bertz CT molecular complexity index is 604. The van der Waals surface area contributed by atoms with Crippen molar-refractivity contribution in [3.8, 4) is 5.75 Å². The van der Waals surface area contributed by atoms with Crippen LogP contribution >= 0.6 is 0 Å². The summed E-state index contributed by atoms with van der Waals surface area (Å²) in [7, 11) is 1.33. The Kier molecular flexibility index (Phi) is 4.87. The zero-order chi connectivity index (χ0) is 15.2. The number of hydrogen-bond acceptors (Lipinski definition) is 5. The van der Waals surface area contributed by atoms with Gasteiger partial charge in [0, 0.05) is 12.1 Å². The molecule has 112 valence electrons. The van der Waals surface area contributed by atoms with Crippen LogP contribution in [0.25, 0.3) is 0 Å². The van der Waals surface area contributed by atoms with E-state index in [9.17, 15) is 4.79 Å². The number of furan rings is 1. The molecule has 0 aliphatic carbocycles. The van der Waals surface area contributed by atoms with E-state index < -0.39 is 5.97 Å². The maximum Gasteiger partial charge on any atom is 0.374 e. The number of methoxy groups -OCH3 is 1. The quantitative estimate of drug-likeness (QED) is 0.825. The number of anilines is 1. The van der Waals surface area contributed by atoms with Crippen molar-refractivity contribution in [1.82, 2.24) is 0 Å². The minimum absolute atomic E-state index is 0.0903. The number of esters is 1. The van der Waals surface area contributed by atoms with E-state index >= 15 is 0 Å². The predicted molar refractivity (Wildman–Crippen MR) is 79.6 cm³/mol. The van der Waals surface area contributed by atoms with Crippen molar-refractivity contribution in [3.05, 3.63) is 47.9 Å². The Morgan fingerprint density at radius 2 is 2.05 bits per heavy atom. The Labute approximate surface area is 123 Å². The van der Waals surface area contributed by atoms with Crippen LogP contribution in [0.5, 0.6) is 5.75 Å². The summed E-state index contributed by atoms with van der Waals surface area (Å²) in [5.41, 5.74) is 1.60. The molecule has 0 bridgehead atoms. The topological polar surface area (TPSA) is 60.7 Å². The van der Waals surface area contributed by atoms with Gasteiger partial charge in [-0.1, -0.05) is 12.1 Å². The third-order valence-electron chi connectivity index (χ3n) is 2.84. The fourth-order valence-corrected chi connectivity index (χ4v) is 1.91. The predicted octanol–water partition coefficient (Wildman–Crippen LogP) is 3.47. The van der Waals surface area contributed by atoms with Crippen molar-refractivity contribution < 1.29 is 18.7 Å². The Morgan fingerprint density at radius 3 is 2.76 bits per heavy atom.